The number of carbonyl (C=O) groups excluding carboxylic acids is 1. The number of fused-ring (bicyclic) bond motifs is 4. The van der Waals surface area contributed by atoms with Gasteiger partial charge in [-0.1, -0.05) is 30.3 Å². The predicted octanol–water partition coefficient (Wildman–Crippen LogP) is 4.62. The average Bonchev–Trinajstić information content (AvgIpc) is 3.36. The van der Waals surface area contributed by atoms with Crippen molar-refractivity contribution < 1.29 is 13.9 Å². The average molecular weight is 455 g/mol. The van der Waals surface area contributed by atoms with E-state index in [0.29, 0.717) is 13.0 Å². The summed E-state index contributed by atoms with van der Waals surface area (Å²) in [6.45, 7) is 0.580. The van der Waals surface area contributed by atoms with Crippen LogP contribution in [0.15, 0.2) is 77.9 Å². The number of H-pyrrole nitrogens is 1. The van der Waals surface area contributed by atoms with E-state index in [9.17, 15) is 9.18 Å². The van der Waals surface area contributed by atoms with Crippen LogP contribution in [0.1, 0.15) is 28.6 Å². The molecule has 1 fully saturated rings. The van der Waals surface area contributed by atoms with Crippen molar-refractivity contribution in [1.82, 2.24) is 14.9 Å². The Hall–Kier alpha value is -3.97. The van der Waals surface area contributed by atoms with E-state index in [4.69, 9.17) is 4.74 Å². The number of nitrogens with one attached hydrogen (secondary N) is 1. The second-order valence-corrected chi connectivity index (χ2v) is 8.65. The fourth-order valence-electron chi connectivity index (χ4n) is 5.03. The fourth-order valence-corrected chi connectivity index (χ4v) is 5.03. The smallest absolute Gasteiger partial charge is 0.262 e. The highest BCUT2D eigenvalue weighted by Crippen LogP contribution is 2.42. The largest absolute Gasteiger partial charge is 0.497 e. The number of carbonyl (C=O) groups is 1. The number of aromatic amines is 1. The van der Waals surface area contributed by atoms with Gasteiger partial charge in [0.1, 0.15) is 17.7 Å². The summed E-state index contributed by atoms with van der Waals surface area (Å²) in [4.78, 5) is 19.3. The molecule has 2 aliphatic heterocycles. The number of rotatable bonds is 4. The number of hydrazone groups is 1. The first-order valence-corrected chi connectivity index (χ1v) is 11.2. The van der Waals surface area contributed by atoms with Crippen molar-refractivity contribution in [1.29, 1.82) is 0 Å². The van der Waals surface area contributed by atoms with Crippen LogP contribution in [0.4, 0.5) is 4.39 Å². The molecule has 1 unspecified atom stereocenters. The van der Waals surface area contributed by atoms with Crippen LogP contribution in [-0.4, -0.2) is 40.2 Å². The molecule has 3 heterocycles. The number of hydrogen-bond donors (Lipinski definition) is 1. The number of benzene rings is 3. The van der Waals surface area contributed by atoms with Gasteiger partial charge in [-0.15, -0.1) is 0 Å². The van der Waals surface area contributed by atoms with Gasteiger partial charge >= 0.3 is 0 Å². The molecule has 4 aromatic rings. The highest BCUT2D eigenvalue weighted by atomic mass is 19.1. The zero-order valence-corrected chi connectivity index (χ0v) is 18.6. The number of amides is 1. The molecule has 0 aliphatic carbocycles. The molecule has 170 valence electrons. The van der Waals surface area contributed by atoms with Crippen molar-refractivity contribution in [3.8, 4) is 5.75 Å². The molecule has 2 atom stereocenters. The van der Waals surface area contributed by atoms with E-state index in [1.807, 2.05) is 36.4 Å². The van der Waals surface area contributed by atoms with Crippen LogP contribution in [0, 0.1) is 5.82 Å². The number of hydrogen-bond acceptors (Lipinski definition) is 4. The molecule has 3 aromatic carbocycles. The van der Waals surface area contributed by atoms with Gasteiger partial charge in [-0.25, -0.2) is 9.40 Å². The van der Waals surface area contributed by atoms with E-state index in [2.05, 4.69) is 27.1 Å². The third-order valence-electron chi connectivity index (χ3n) is 6.71. The maximum atomic E-state index is 13.7. The summed E-state index contributed by atoms with van der Waals surface area (Å²) in [5.74, 6) is 0.383. The maximum Gasteiger partial charge on any atom is 0.262 e. The summed E-state index contributed by atoms with van der Waals surface area (Å²) < 4.78 is 18.9. The number of methoxy groups -OCH3 is 1. The van der Waals surface area contributed by atoms with Gasteiger partial charge in [0, 0.05) is 23.1 Å². The topological polar surface area (TPSA) is 60.9 Å². The Labute approximate surface area is 196 Å². The lowest BCUT2D eigenvalue weighted by Crippen LogP contribution is -2.39. The summed E-state index contributed by atoms with van der Waals surface area (Å²) in [5, 5.41) is 7.31. The second kappa shape index (κ2) is 8.11. The number of nitrogens with zero attached hydrogens (tertiary/aromatic N) is 3. The van der Waals surface area contributed by atoms with Gasteiger partial charge in [-0.3, -0.25) is 9.69 Å². The Morgan fingerprint density at radius 2 is 1.82 bits per heavy atom. The van der Waals surface area contributed by atoms with Crippen molar-refractivity contribution in [3.63, 3.8) is 0 Å². The van der Waals surface area contributed by atoms with Crippen molar-refractivity contribution in [3.05, 3.63) is 101 Å². The van der Waals surface area contributed by atoms with Crippen molar-refractivity contribution >= 4 is 23.0 Å². The molecule has 1 saturated heterocycles. The molecule has 1 amide bonds. The van der Waals surface area contributed by atoms with Crippen LogP contribution in [-0.2, 0) is 17.8 Å². The van der Waals surface area contributed by atoms with Crippen LogP contribution in [0.25, 0.3) is 10.9 Å². The standard InChI is InChI=1S/C27H23FN4O2/c1-34-20-12-6-17(7-13-20)15-29-32-26(18-8-10-19(28)11-9-18)31-16-24-22(14-25(31)27(32)33)21-4-2-3-5-23(21)30-24/h2-13,15,25-26,30H,14,16H2,1H3/t25-,26?/m0/s1. The number of para-hydroxylation sites is 1. The van der Waals surface area contributed by atoms with Gasteiger partial charge in [-0.2, -0.15) is 5.10 Å². The summed E-state index contributed by atoms with van der Waals surface area (Å²) in [7, 11) is 1.62. The highest BCUT2D eigenvalue weighted by Gasteiger charge is 2.49. The molecule has 6 nitrogen and oxygen atoms in total. The molecule has 7 heteroatoms. The van der Waals surface area contributed by atoms with E-state index >= 15 is 0 Å². The molecule has 34 heavy (non-hydrogen) atoms. The van der Waals surface area contributed by atoms with Gasteiger partial charge in [0.25, 0.3) is 5.91 Å². The zero-order chi connectivity index (χ0) is 23.2. The molecule has 2 aliphatic rings. The lowest BCUT2D eigenvalue weighted by Gasteiger charge is -2.32. The van der Waals surface area contributed by atoms with Gasteiger partial charge in [0.15, 0.2) is 0 Å². The minimum absolute atomic E-state index is 0.0602. The van der Waals surface area contributed by atoms with Crippen molar-refractivity contribution in [2.45, 2.75) is 25.2 Å². The molecule has 1 aromatic heterocycles. The van der Waals surface area contributed by atoms with E-state index < -0.39 is 6.17 Å². The second-order valence-electron chi connectivity index (χ2n) is 8.65. The van der Waals surface area contributed by atoms with Crippen molar-refractivity contribution in [2.24, 2.45) is 5.10 Å². The Morgan fingerprint density at radius 1 is 1.06 bits per heavy atom. The SMILES string of the molecule is COc1ccc(C=NN2C(=O)[C@@H]3Cc4c([nH]c5ccccc45)CN3C2c2ccc(F)cc2)cc1. The first-order valence-electron chi connectivity index (χ1n) is 11.2. The Kier molecular flexibility index (Phi) is 4.92. The molecular formula is C27H23FN4O2. The lowest BCUT2D eigenvalue weighted by molar-refractivity contribution is -0.130. The summed E-state index contributed by atoms with van der Waals surface area (Å²) >= 11 is 0. The van der Waals surface area contributed by atoms with Gasteiger partial charge in [0.2, 0.25) is 0 Å². The third-order valence-corrected chi connectivity index (χ3v) is 6.71. The number of ether oxygens (including phenoxy) is 1. The van der Waals surface area contributed by atoms with E-state index in [0.717, 1.165) is 33.5 Å². The van der Waals surface area contributed by atoms with Crippen LogP contribution in [0.2, 0.25) is 0 Å². The van der Waals surface area contributed by atoms with Gasteiger partial charge < -0.3 is 9.72 Å². The molecule has 0 saturated carbocycles. The quantitative estimate of drug-likeness (QED) is 0.458. The normalized spacial score (nSPS) is 20.2. The zero-order valence-electron chi connectivity index (χ0n) is 18.6. The monoisotopic (exact) mass is 454 g/mol. The van der Waals surface area contributed by atoms with Crippen LogP contribution < -0.4 is 4.74 Å². The molecule has 1 N–H and O–H groups in total. The summed E-state index contributed by atoms with van der Waals surface area (Å²) in [5.41, 5.74) is 5.05. The minimum atomic E-state index is -0.424. The van der Waals surface area contributed by atoms with Crippen LogP contribution in [0.3, 0.4) is 0 Å². The molecule has 0 bridgehead atoms. The van der Waals surface area contributed by atoms with Crippen LogP contribution in [0.5, 0.6) is 5.75 Å². The van der Waals surface area contributed by atoms with E-state index in [1.165, 1.54) is 22.7 Å². The molecular weight excluding hydrogens is 431 g/mol. The summed E-state index contributed by atoms with van der Waals surface area (Å²) in [6, 6.07) is 21.6. The van der Waals surface area contributed by atoms with Crippen molar-refractivity contribution in [2.75, 3.05) is 7.11 Å². The van der Waals surface area contributed by atoms with E-state index in [1.54, 1.807) is 25.5 Å². The minimum Gasteiger partial charge on any atom is -0.497 e. The van der Waals surface area contributed by atoms with Gasteiger partial charge in [0.05, 0.1) is 19.4 Å². The molecule has 6 rings (SSSR count). The first kappa shape index (κ1) is 20.6. The number of halogens is 1. The molecule has 0 radical (unpaired) electrons. The van der Waals surface area contributed by atoms with Gasteiger partial charge in [-0.05, 0) is 65.6 Å². The highest BCUT2D eigenvalue weighted by molar-refractivity contribution is 5.90. The third kappa shape index (κ3) is 3.36. The van der Waals surface area contributed by atoms with Crippen LogP contribution >= 0.6 is 0 Å². The summed E-state index contributed by atoms with van der Waals surface area (Å²) in [6.07, 6.45) is 1.86. The maximum absolute atomic E-state index is 13.7. The Balaban J connectivity index is 1.39. The fraction of sp³-hybridized carbons (Fsp3) is 0.185. The Morgan fingerprint density at radius 3 is 2.59 bits per heavy atom. The Bertz CT molecular complexity index is 1390. The van der Waals surface area contributed by atoms with E-state index in [-0.39, 0.29) is 17.8 Å². The first-order chi connectivity index (χ1) is 16.6. The number of aromatic nitrogens is 1. The predicted molar refractivity (Wildman–Crippen MR) is 128 cm³/mol. The lowest BCUT2D eigenvalue weighted by atomic mass is 9.97. The molecule has 0 spiro atoms.